The third kappa shape index (κ3) is 4.19. The Balaban J connectivity index is 2.42. The number of terminal acetylenes is 1. The van der Waals surface area contributed by atoms with Gasteiger partial charge in [0.2, 0.25) is 0 Å². The zero-order valence-electron chi connectivity index (χ0n) is 12.1. The number of phosphoric ester groups is 1. The molecule has 0 bridgehead atoms. The van der Waals surface area contributed by atoms with Gasteiger partial charge in [-0.05, 0) is 0 Å². The lowest BCUT2D eigenvalue weighted by Crippen LogP contribution is -2.40. The maximum absolute atomic E-state index is 11.9. The second-order valence-corrected chi connectivity index (χ2v) is 6.00. The highest BCUT2D eigenvalue weighted by molar-refractivity contribution is 7.46. The monoisotopic (exact) mass is 362 g/mol. The maximum Gasteiger partial charge on any atom is 0.470 e. The van der Waals surface area contributed by atoms with Gasteiger partial charge < -0.3 is 24.4 Å². The van der Waals surface area contributed by atoms with Crippen LogP contribution in [0.15, 0.2) is 21.9 Å². The quantitative estimate of drug-likeness (QED) is 0.329. The van der Waals surface area contributed by atoms with Crippen molar-refractivity contribution in [1.29, 1.82) is 0 Å². The van der Waals surface area contributed by atoms with Crippen LogP contribution in [0.1, 0.15) is 6.23 Å². The van der Waals surface area contributed by atoms with Gasteiger partial charge in [-0.25, -0.2) is 9.36 Å². The first-order valence-corrected chi connectivity index (χ1v) is 8.16. The molecule has 1 aromatic rings. The molecule has 0 spiro atoms. The SMILES string of the molecule is C#CCO[C@H]1C(OP(=O)(O)O)[C@@H](CO)O[C@H]1n1ccc(=O)[nH]c1=O. The molecule has 0 amide bonds. The van der Waals surface area contributed by atoms with Crippen molar-refractivity contribution < 1.29 is 33.5 Å². The van der Waals surface area contributed by atoms with E-state index in [0.717, 1.165) is 16.8 Å². The number of aliphatic hydroxyl groups is 1. The molecule has 1 saturated heterocycles. The minimum Gasteiger partial charge on any atom is -0.394 e. The third-order valence-electron chi connectivity index (χ3n) is 3.21. The molecular weight excluding hydrogens is 347 g/mol. The molecule has 0 saturated carbocycles. The smallest absolute Gasteiger partial charge is 0.394 e. The number of hydrogen-bond acceptors (Lipinski definition) is 7. The van der Waals surface area contributed by atoms with E-state index in [1.54, 1.807) is 0 Å². The molecule has 1 aromatic heterocycles. The number of hydrogen-bond donors (Lipinski definition) is 4. The Morgan fingerprint density at radius 3 is 2.67 bits per heavy atom. The first kappa shape index (κ1) is 18.6. The number of phosphoric acid groups is 1. The molecule has 4 atom stereocenters. The fraction of sp³-hybridized carbons (Fsp3) is 0.500. The lowest BCUT2D eigenvalue weighted by molar-refractivity contribution is -0.0677. The third-order valence-corrected chi connectivity index (χ3v) is 3.73. The van der Waals surface area contributed by atoms with Gasteiger partial charge >= 0.3 is 13.5 Å². The van der Waals surface area contributed by atoms with Crippen LogP contribution in [0.2, 0.25) is 0 Å². The predicted octanol–water partition coefficient (Wildman–Crippen LogP) is -2.08. The molecule has 1 aliphatic rings. The topological polar surface area (TPSA) is 160 Å². The normalized spacial score (nSPS) is 27.1. The van der Waals surface area contributed by atoms with E-state index in [1.807, 2.05) is 4.98 Å². The van der Waals surface area contributed by atoms with E-state index in [0.29, 0.717) is 0 Å². The van der Waals surface area contributed by atoms with Gasteiger partial charge in [0.1, 0.15) is 24.9 Å². The highest BCUT2D eigenvalue weighted by Gasteiger charge is 2.49. The minimum absolute atomic E-state index is 0.262. The van der Waals surface area contributed by atoms with Gasteiger partial charge in [-0.15, -0.1) is 6.42 Å². The summed E-state index contributed by atoms with van der Waals surface area (Å²) in [4.78, 5) is 43.1. The Morgan fingerprint density at radius 2 is 2.12 bits per heavy atom. The standard InChI is InChI=1S/C12H15N2O9P/c1-2-5-21-10-9(23-24(18,19)20)7(6-15)22-11(10)14-4-3-8(16)13-12(14)17/h1,3-4,7,9-11,15H,5-6H2,(H,13,16,17)(H2,18,19,20)/t7-,9?,10+,11-/m1/s1. The number of aliphatic hydroxyl groups excluding tert-OH is 1. The van der Waals surface area contributed by atoms with Crippen molar-refractivity contribution in [3.05, 3.63) is 33.1 Å². The van der Waals surface area contributed by atoms with E-state index in [4.69, 9.17) is 25.7 Å². The number of ether oxygens (including phenoxy) is 2. The van der Waals surface area contributed by atoms with E-state index < -0.39 is 50.2 Å². The summed E-state index contributed by atoms with van der Waals surface area (Å²) in [5, 5.41) is 9.36. The highest BCUT2D eigenvalue weighted by atomic mass is 31.2. The molecule has 132 valence electrons. The first-order valence-electron chi connectivity index (χ1n) is 6.63. The minimum atomic E-state index is -4.94. The van der Waals surface area contributed by atoms with Gasteiger partial charge in [-0.1, -0.05) is 5.92 Å². The Labute approximate surface area is 135 Å². The van der Waals surface area contributed by atoms with Crippen LogP contribution in [-0.4, -0.2) is 56.0 Å². The van der Waals surface area contributed by atoms with E-state index >= 15 is 0 Å². The number of aromatic nitrogens is 2. The molecule has 2 heterocycles. The molecule has 1 fully saturated rings. The van der Waals surface area contributed by atoms with Crippen LogP contribution in [0.5, 0.6) is 0 Å². The van der Waals surface area contributed by atoms with E-state index in [-0.39, 0.29) is 6.61 Å². The summed E-state index contributed by atoms with van der Waals surface area (Å²) < 4.78 is 27.4. The fourth-order valence-electron chi connectivity index (χ4n) is 2.31. The first-order chi connectivity index (χ1) is 11.3. The maximum atomic E-state index is 11.9. The predicted molar refractivity (Wildman–Crippen MR) is 77.8 cm³/mol. The van der Waals surface area contributed by atoms with Crippen LogP contribution in [0, 0.1) is 12.3 Å². The summed E-state index contributed by atoms with van der Waals surface area (Å²) in [6, 6.07) is 1.05. The lowest BCUT2D eigenvalue weighted by atomic mass is 10.1. The van der Waals surface area contributed by atoms with Gasteiger partial charge in [-0.3, -0.25) is 18.9 Å². The molecule has 12 heteroatoms. The Hall–Kier alpha value is -1.77. The average Bonchev–Trinajstić information content (AvgIpc) is 2.81. The molecule has 24 heavy (non-hydrogen) atoms. The molecular formula is C12H15N2O9P. The lowest BCUT2D eigenvalue weighted by Gasteiger charge is -2.24. The van der Waals surface area contributed by atoms with Crippen molar-refractivity contribution in [3.8, 4) is 12.3 Å². The number of nitrogens with one attached hydrogen (secondary N) is 1. The van der Waals surface area contributed by atoms with Crippen molar-refractivity contribution in [2.45, 2.75) is 24.5 Å². The van der Waals surface area contributed by atoms with E-state index in [9.17, 15) is 19.3 Å². The van der Waals surface area contributed by atoms with Crippen LogP contribution in [-0.2, 0) is 18.6 Å². The van der Waals surface area contributed by atoms with Gasteiger partial charge in [0.05, 0.1) is 6.61 Å². The van der Waals surface area contributed by atoms with Gasteiger partial charge in [0.25, 0.3) is 5.56 Å². The summed E-state index contributed by atoms with van der Waals surface area (Å²) in [6.45, 7) is -0.920. The second kappa shape index (κ2) is 7.42. The zero-order valence-corrected chi connectivity index (χ0v) is 13.0. The van der Waals surface area contributed by atoms with Gasteiger partial charge in [0, 0.05) is 12.3 Å². The Bertz CT molecular complexity index is 776. The number of rotatable bonds is 6. The van der Waals surface area contributed by atoms with Crippen molar-refractivity contribution in [2.75, 3.05) is 13.2 Å². The Morgan fingerprint density at radius 1 is 1.42 bits per heavy atom. The van der Waals surface area contributed by atoms with E-state index in [2.05, 4.69) is 10.4 Å². The van der Waals surface area contributed by atoms with Crippen molar-refractivity contribution >= 4 is 7.82 Å². The van der Waals surface area contributed by atoms with Crippen LogP contribution < -0.4 is 11.2 Å². The molecule has 0 radical (unpaired) electrons. The molecule has 0 aromatic carbocycles. The molecule has 2 rings (SSSR count). The zero-order chi connectivity index (χ0) is 17.9. The van der Waals surface area contributed by atoms with Crippen molar-refractivity contribution in [2.24, 2.45) is 0 Å². The summed E-state index contributed by atoms with van der Waals surface area (Å²) in [6.07, 6.45) is 1.20. The molecule has 1 aliphatic heterocycles. The van der Waals surface area contributed by atoms with Crippen molar-refractivity contribution in [3.63, 3.8) is 0 Å². The summed E-state index contributed by atoms with van der Waals surface area (Å²) in [7, 11) is -4.94. The van der Waals surface area contributed by atoms with Crippen molar-refractivity contribution in [1.82, 2.24) is 9.55 Å². The van der Waals surface area contributed by atoms with Crippen LogP contribution in [0.3, 0.4) is 0 Å². The van der Waals surface area contributed by atoms with E-state index in [1.165, 1.54) is 0 Å². The Kier molecular flexibility index (Phi) is 5.74. The summed E-state index contributed by atoms with van der Waals surface area (Å²) in [5.74, 6) is 2.17. The molecule has 11 nitrogen and oxygen atoms in total. The average molecular weight is 362 g/mol. The van der Waals surface area contributed by atoms with Gasteiger partial charge in [0.15, 0.2) is 6.23 Å². The van der Waals surface area contributed by atoms with Gasteiger partial charge in [-0.2, -0.15) is 0 Å². The second-order valence-electron chi connectivity index (χ2n) is 4.81. The fourth-order valence-corrected chi connectivity index (χ4v) is 2.89. The van der Waals surface area contributed by atoms with Crippen LogP contribution in [0.4, 0.5) is 0 Å². The molecule has 4 N–H and O–H groups in total. The number of nitrogens with zero attached hydrogens (tertiary/aromatic N) is 1. The molecule has 0 aliphatic carbocycles. The number of aromatic amines is 1. The molecule has 1 unspecified atom stereocenters. The van der Waals surface area contributed by atoms with Crippen LogP contribution in [0.25, 0.3) is 0 Å². The largest absolute Gasteiger partial charge is 0.470 e. The highest BCUT2D eigenvalue weighted by Crippen LogP contribution is 2.44. The number of H-pyrrole nitrogens is 1. The summed E-state index contributed by atoms with van der Waals surface area (Å²) in [5.41, 5.74) is -1.48. The summed E-state index contributed by atoms with van der Waals surface area (Å²) >= 11 is 0. The van der Waals surface area contributed by atoms with Crippen LogP contribution >= 0.6 is 7.82 Å².